The molecule has 0 bridgehead atoms. The number of carbonyl (C=O) groups is 2. The lowest BCUT2D eigenvalue weighted by molar-refractivity contribution is 0.0927. The van der Waals surface area contributed by atoms with E-state index in [1.54, 1.807) is 12.1 Å². The Balaban J connectivity index is 1.58. The monoisotopic (exact) mass is 328 g/mol. The summed E-state index contributed by atoms with van der Waals surface area (Å²) in [5.74, 6) is -0.634. The zero-order valence-electron chi connectivity index (χ0n) is 13.3. The van der Waals surface area contributed by atoms with Gasteiger partial charge < -0.3 is 9.73 Å². The molecule has 1 saturated carbocycles. The van der Waals surface area contributed by atoms with Gasteiger partial charge >= 0.3 is 6.01 Å². The van der Waals surface area contributed by atoms with Crippen LogP contribution < -0.4 is 10.6 Å². The van der Waals surface area contributed by atoms with E-state index >= 15 is 0 Å². The van der Waals surface area contributed by atoms with Crippen LogP contribution in [0.4, 0.5) is 6.01 Å². The number of amides is 2. The molecule has 1 fully saturated rings. The first-order valence-electron chi connectivity index (χ1n) is 8.20. The number of aromatic nitrogens is 2. The van der Waals surface area contributed by atoms with Gasteiger partial charge in [0.2, 0.25) is 0 Å². The quantitative estimate of drug-likeness (QED) is 0.841. The summed E-state index contributed by atoms with van der Waals surface area (Å²) in [4.78, 5) is 32.1. The average Bonchev–Trinajstić information content (AvgIpc) is 2.92. The number of rotatable bonds is 4. The van der Waals surface area contributed by atoms with Gasteiger partial charge in [-0.15, -0.1) is 0 Å². The topological polar surface area (TPSA) is 97.1 Å². The largest absolute Gasteiger partial charge is 0.431 e. The lowest BCUT2D eigenvalue weighted by Gasteiger charge is -2.14. The Labute approximate surface area is 139 Å². The minimum Gasteiger partial charge on any atom is -0.431 e. The third-order valence-corrected chi connectivity index (χ3v) is 4.09. The molecule has 2 amide bonds. The van der Waals surface area contributed by atoms with E-state index in [9.17, 15) is 9.59 Å². The Morgan fingerprint density at radius 3 is 2.46 bits per heavy atom. The van der Waals surface area contributed by atoms with Gasteiger partial charge in [-0.3, -0.25) is 19.9 Å². The van der Waals surface area contributed by atoms with E-state index in [0.29, 0.717) is 5.56 Å². The summed E-state index contributed by atoms with van der Waals surface area (Å²) in [6, 6.07) is 3.35. The summed E-state index contributed by atoms with van der Waals surface area (Å²) < 4.78 is 5.17. The van der Waals surface area contributed by atoms with Gasteiger partial charge in [0, 0.05) is 24.0 Å². The van der Waals surface area contributed by atoms with Crippen LogP contribution in [0.25, 0.3) is 0 Å². The van der Waals surface area contributed by atoms with Gasteiger partial charge in [0.15, 0.2) is 5.69 Å². The second-order valence-corrected chi connectivity index (χ2v) is 5.89. The minimum atomic E-state index is -0.366. The molecule has 0 unspecified atom stereocenters. The molecule has 1 aliphatic carbocycles. The fraction of sp³-hybridized carbons (Fsp3) is 0.412. The van der Waals surface area contributed by atoms with Crippen LogP contribution in [-0.2, 0) is 0 Å². The molecule has 7 heteroatoms. The molecule has 0 aliphatic heterocycles. The summed E-state index contributed by atoms with van der Waals surface area (Å²) >= 11 is 0. The first-order valence-corrected chi connectivity index (χ1v) is 8.20. The fourth-order valence-electron chi connectivity index (χ4n) is 2.79. The second-order valence-electron chi connectivity index (χ2n) is 5.89. The van der Waals surface area contributed by atoms with Crippen LogP contribution in [0.2, 0.25) is 0 Å². The van der Waals surface area contributed by atoms with Gasteiger partial charge in [-0.25, -0.2) is 0 Å². The lowest BCUT2D eigenvalue weighted by atomic mass is 10.1. The maximum atomic E-state index is 12.2. The predicted octanol–water partition coefficient (Wildman–Crippen LogP) is 2.77. The zero-order valence-corrected chi connectivity index (χ0v) is 13.3. The third-order valence-electron chi connectivity index (χ3n) is 4.09. The van der Waals surface area contributed by atoms with Crippen LogP contribution in [0.15, 0.2) is 35.2 Å². The van der Waals surface area contributed by atoms with Crippen LogP contribution in [-0.4, -0.2) is 27.8 Å². The zero-order chi connectivity index (χ0) is 16.8. The second kappa shape index (κ2) is 7.72. The molecule has 0 spiro atoms. The van der Waals surface area contributed by atoms with Gasteiger partial charge in [0.1, 0.15) is 6.26 Å². The van der Waals surface area contributed by atoms with E-state index in [1.165, 1.54) is 31.5 Å². The van der Waals surface area contributed by atoms with Crippen LogP contribution in [0.3, 0.4) is 0 Å². The van der Waals surface area contributed by atoms with E-state index < -0.39 is 0 Å². The summed E-state index contributed by atoms with van der Waals surface area (Å²) in [6.45, 7) is 0. The lowest BCUT2D eigenvalue weighted by Crippen LogP contribution is -2.34. The number of anilines is 1. The van der Waals surface area contributed by atoms with Crippen molar-refractivity contribution in [2.75, 3.05) is 5.32 Å². The standard InChI is InChI=1S/C17H20N4O3/c22-15(12-7-9-18-10-8-12)21-17-20-14(11-24-17)16(23)19-13-5-3-1-2-4-6-13/h7-11,13H,1-6H2,(H,19,23)(H,20,21,22). The molecule has 0 radical (unpaired) electrons. The van der Waals surface area contributed by atoms with Crippen molar-refractivity contribution >= 4 is 17.8 Å². The van der Waals surface area contributed by atoms with Crippen molar-refractivity contribution in [3.63, 3.8) is 0 Å². The van der Waals surface area contributed by atoms with Crippen LogP contribution in [0.1, 0.15) is 59.4 Å². The minimum absolute atomic E-state index is 0.00262. The van der Waals surface area contributed by atoms with Crippen molar-refractivity contribution in [3.8, 4) is 0 Å². The molecule has 0 aromatic carbocycles. The molecule has 2 heterocycles. The number of nitrogens with zero attached hydrogens (tertiary/aromatic N) is 2. The highest BCUT2D eigenvalue weighted by atomic mass is 16.4. The normalized spacial score (nSPS) is 15.5. The Kier molecular flexibility index (Phi) is 5.20. The van der Waals surface area contributed by atoms with Gasteiger partial charge in [0.05, 0.1) is 0 Å². The number of pyridine rings is 1. The average molecular weight is 328 g/mol. The summed E-state index contributed by atoms with van der Waals surface area (Å²) in [5, 5.41) is 5.51. The molecule has 0 saturated heterocycles. The number of carbonyl (C=O) groups excluding carboxylic acids is 2. The van der Waals surface area contributed by atoms with Gasteiger partial charge in [-0.1, -0.05) is 25.7 Å². The number of nitrogens with one attached hydrogen (secondary N) is 2. The molecule has 2 aromatic heterocycles. The molecule has 2 aromatic rings. The van der Waals surface area contributed by atoms with Crippen molar-refractivity contribution in [2.45, 2.75) is 44.6 Å². The molecular weight excluding hydrogens is 308 g/mol. The Hall–Kier alpha value is -2.70. The van der Waals surface area contributed by atoms with Crippen LogP contribution in [0.5, 0.6) is 0 Å². The summed E-state index contributed by atoms with van der Waals surface area (Å²) in [7, 11) is 0. The Morgan fingerprint density at radius 2 is 1.75 bits per heavy atom. The van der Waals surface area contributed by atoms with Crippen LogP contribution in [0, 0.1) is 0 Å². The van der Waals surface area contributed by atoms with E-state index in [2.05, 4.69) is 20.6 Å². The first kappa shape index (κ1) is 16.2. The van der Waals surface area contributed by atoms with Crippen molar-refractivity contribution in [1.82, 2.24) is 15.3 Å². The molecule has 126 valence electrons. The number of hydrogen-bond acceptors (Lipinski definition) is 5. The van der Waals surface area contributed by atoms with E-state index in [4.69, 9.17) is 4.42 Å². The van der Waals surface area contributed by atoms with Gasteiger partial charge in [-0.2, -0.15) is 4.98 Å². The number of hydrogen-bond donors (Lipinski definition) is 2. The van der Waals surface area contributed by atoms with Crippen LogP contribution >= 0.6 is 0 Å². The van der Waals surface area contributed by atoms with Crippen molar-refractivity contribution in [2.24, 2.45) is 0 Å². The van der Waals surface area contributed by atoms with E-state index in [-0.39, 0.29) is 29.6 Å². The SMILES string of the molecule is O=C(Nc1nc(C(=O)NC2CCCCCC2)co1)c1ccncc1. The molecule has 2 N–H and O–H groups in total. The molecule has 3 rings (SSSR count). The molecule has 1 aliphatic rings. The highest BCUT2D eigenvalue weighted by molar-refractivity contribution is 6.03. The van der Waals surface area contributed by atoms with Crippen molar-refractivity contribution in [1.29, 1.82) is 0 Å². The summed E-state index contributed by atoms with van der Waals surface area (Å²) in [5.41, 5.74) is 0.608. The molecule has 24 heavy (non-hydrogen) atoms. The maximum Gasteiger partial charge on any atom is 0.302 e. The first-order chi connectivity index (χ1) is 11.7. The maximum absolute atomic E-state index is 12.2. The molecule has 7 nitrogen and oxygen atoms in total. The smallest absolute Gasteiger partial charge is 0.302 e. The highest BCUT2D eigenvalue weighted by Crippen LogP contribution is 2.18. The summed E-state index contributed by atoms with van der Waals surface area (Å²) in [6.07, 6.45) is 11.0. The van der Waals surface area contributed by atoms with Gasteiger partial charge in [0.25, 0.3) is 11.8 Å². The predicted molar refractivity (Wildman–Crippen MR) is 87.6 cm³/mol. The third kappa shape index (κ3) is 4.18. The van der Waals surface area contributed by atoms with E-state index in [0.717, 1.165) is 25.7 Å². The fourth-order valence-corrected chi connectivity index (χ4v) is 2.79. The molecule has 0 atom stereocenters. The van der Waals surface area contributed by atoms with E-state index in [1.807, 2.05) is 0 Å². The number of oxazole rings is 1. The Bertz CT molecular complexity index is 691. The van der Waals surface area contributed by atoms with Gasteiger partial charge in [-0.05, 0) is 25.0 Å². The highest BCUT2D eigenvalue weighted by Gasteiger charge is 2.19. The Morgan fingerprint density at radius 1 is 1.04 bits per heavy atom. The molecular formula is C17H20N4O3. The van der Waals surface area contributed by atoms with Crippen molar-refractivity contribution in [3.05, 3.63) is 42.0 Å². The van der Waals surface area contributed by atoms with Crippen molar-refractivity contribution < 1.29 is 14.0 Å².